The second kappa shape index (κ2) is 3.88. The standard InChI is InChI=1S/C7H9N3S/c8-7(11)10-9-5-6-3-1-2-4-6/h1,3-5H,2H2,(H3,8,10,11)/b9-5+. The number of rotatable bonds is 2. The van der Waals surface area contributed by atoms with E-state index in [1.165, 1.54) is 0 Å². The summed E-state index contributed by atoms with van der Waals surface area (Å²) < 4.78 is 0. The molecule has 0 radical (unpaired) electrons. The van der Waals surface area contributed by atoms with Crippen LogP contribution in [0.5, 0.6) is 0 Å². The van der Waals surface area contributed by atoms with Gasteiger partial charge < -0.3 is 5.73 Å². The van der Waals surface area contributed by atoms with Crippen LogP contribution < -0.4 is 11.2 Å². The Morgan fingerprint density at radius 3 is 3.18 bits per heavy atom. The molecule has 4 heteroatoms. The first-order chi connectivity index (χ1) is 5.29. The highest BCUT2D eigenvalue weighted by Gasteiger charge is 1.91. The molecule has 3 N–H and O–H groups in total. The zero-order chi connectivity index (χ0) is 8.10. The van der Waals surface area contributed by atoms with Crippen LogP contribution >= 0.6 is 12.2 Å². The normalized spacial score (nSPS) is 15.5. The summed E-state index contributed by atoms with van der Waals surface area (Å²) in [7, 11) is 0. The largest absolute Gasteiger partial charge is 0.375 e. The Hall–Kier alpha value is -1.16. The maximum atomic E-state index is 5.15. The van der Waals surface area contributed by atoms with Crippen molar-refractivity contribution < 1.29 is 0 Å². The van der Waals surface area contributed by atoms with Gasteiger partial charge in [-0.25, -0.2) is 0 Å². The minimum atomic E-state index is 0.184. The molecule has 0 aromatic carbocycles. The number of nitrogens with one attached hydrogen (secondary N) is 1. The lowest BCUT2D eigenvalue weighted by Gasteiger charge is -1.92. The van der Waals surface area contributed by atoms with Crippen LogP contribution in [-0.2, 0) is 0 Å². The molecule has 1 aliphatic rings. The minimum absolute atomic E-state index is 0.184. The fourth-order valence-electron chi connectivity index (χ4n) is 0.742. The summed E-state index contributed by atoms with van der Waals surface area (Å²) in [6, 6.07) is 0. The summed E-state index contributed by atoms with van der Waals surface area (Å²) in [4.78, 5) is 0. The second-order valence-corrected chi connectivity index (χ2v) is 2.52. The number of allylic oxidation sites excluding steroid dienone is 4. The Morgan fingerprint density at radius 1 is 1.82 bits per heavy atom. The molecule has 0 amide bonds. The zero-order valence-corrected chi connectivity index (χ0v) is 6.77. The Balaban J connectivity index is 2.35. The number of nitrogens with two attached hydrogens (primary N) is 1. The molecule has 11 heavy (non-hydrogen) atoms. The molecule has 58 valence electrons. The number of nitrogens with zero attached hydrogens (tertiary/aromatic N) is 1. The Labute approximate surface area is 70.7 Å². The number of hydrazone groups is 1. The van der Waals surface area contributed by atoms with Gasteiger partial charge in [0.25, 0.3) is 0 Å². The van der Waals surface area contributed by atoms with E-state index < -0.39 is 0 Å². The first kappa shape index (κ1) is 7.94. The van der Waals surface area contributed by atoms with E-state index in [0.29, 0.717) is 0 Å². The molecule has 0 saturated carbocycles. The second-order valence-electron chi connectivity index (χ2n) is 2.08. The third kappa shape index (κ3) is 2.95. The van der Waals surface area contributed by atoms with Crippen LogP contribution in [0.2, 0.25) is 0 Å². The lowest BCUT2D eigenvalue weighted by Crippen LogP contribution is -2.23. The van der Waals surface area contributed by atoms with Crippen molar-refractivity contribution >= 4 is 23.5 Å². The van der Waals surface area contributed by atoms with Gasteiger partial charge in [-0.2, -0.15) is 5.10 Å². The molecule has 0 aliphatic heterocycles. The van der Waals surface area contributed by atoms with Crippen LogP contribution in [0.25, 0.3) is 0 Å². The monoisotopic (exact) mass is 167 g/mol. The first-order valence-electron chi connectivity index (χ1n) is 3.24. The first-order valence-corrected chi connectivity index (χ1v) is 3.65. The summed E-state index contributed by atoms with van der Waals surface area (Å²) in [5.41, 5.74) is 8.70. The quantitative estimate of drug-likeness (QED) is 0.361. The van der Waals surface area contributed by atoms with Crippen molar-refractivity contribution in [3.8, 4) is 0 Å². The molecule has 0 unspecified atom stereocenters. The van der Waals surface area contributed by atoms with Crippen LogP contribution in [-0.4, -0.2) is 11.3 Å². The maximum absolute atomic E-state index is 5.15. The van der Waals surface area contributed by atoms with E-state index >= 15 is 0 Å². The van der Waals surface area contributed by atoms with E-state index in [1.807, 2.05) is 6.08 Å². The molecule has 0 aromatic rings. The molecule has 0 bridgehead atoms. The van der Waals surface area contributed by atoms with E-state index in [4.69, 9.17) is 5.73 Å². The lowest BCUT2D eigenvalue weighted by atomic mass is 10.3. The molecule has 0 aromatic heterocycles. The molecular weight excluding hydrogens is 158 g/mol. The van der Waals surface area contributed by atoms with Gasteiger partial charge in [-0.1, -0.05) is 18.2 Å². The zero-order valence-electron chi connectivity index (χ0n) is 5.95. The molecule has 0 fully saturated rings. The van der Waals surface area contributed by atoms with Gasteiger partial charge in [0.15, 0.2) is 5.11 Å². The summed E-state index contributed by atoms with van der Waals surface area (Å²) in [5, 5.41) is 3.98. The number of hydrogen-bond acceptors (Lipinski definition) is 2. The predicted molar refractivity (Wildman–Crippen MR) is 50.3 cm³/mol. The summed E-state index contributed by atoms with van der Waals surface area (Å²) >= 11 is 4.55. The third-order valence-corrected chi connectivity index (χ3v) is 1.28. The van der Waals surface area contributed by atoms with E-state index in [-0.39, 0.29) is 5.11 Å². The third-order valence-electron chi connectivity index (χ3n) is 1.19. The SMILES string of the molecule is NC(=S)N/N=C/C1=CCC=C1. The highest BCUT2D eigenvalue weighted by atomic mass is 32.1. The van der Waals surface area contributed by atoms with Gasteiger partial charge >= 0.3 is 0 Å². The molecule has 0 saturated heterocycles. The van der Waals surface area contributed by atoms with Gasteiger partial charge in [-0.15, -0.1) is 0 Å². The highest BCUT2D eigenvalue weighted by Crippen LogP contribution is 2.04. The lowest BCUT2D eigenvalue weighted by molar-refractivity contribution is 1.04. The van der Waals surface area contributed by atoms with Crippen LogP contribution in [0.1, 0.15) is 6.42 Å². The van der Waals surface area contributed by atoms with E-state index in [9.17, 15) is 0 Å². The van der Waals surface area contributed by atoms with Gasteiger partial charge in [0, 0.05) is 0 Å². The van der Waals surface area contributed by atoms with Crippen molar-refractivity contribution in [3.05, 3.63) is 23.8 Å². The van der Waals surface area contributed by atoms with Gasteiger partial charge in [0.1, 0.15) is 0 Å². The maximum Gasteiger partial charge on any atom is 0.184 e. The fourth-order valence-corrected chi connectivity index (χ4v) is 0.795. The fraction of sp³-hybridized carbons (Fsp3) is 0.143. The minimum Gasteiger partial charge on any atom is -0.375 e. The van der Waals surface area contributed by atoms with Crippen molar-refractivity contribution in [1.82, 2.24) is 5.43 Å². The van der Waals surface area contributed by atoms with Gasteiger partial charge in [-0.3, -0.25) is 5.43 Å². The summed E-state index contributed by atoms with van der Waals surface area (Å²) in [6.45, 7) is 0. The molecule has 1 rings (SSSR count). The van der Waals surface area contributed by atoms with Crippen LogP contribution in [0.3, 0.4) is 0 Å². The molecule has 0 atom stereocenters. The Bertz CT molecular complexity index is 240. The highest BCUT2D eigenvalue weighted by molar-refractivity contribution is 7.80. The Kier molecular flexibility index (Phi) is 2.80. The molecule has 0 heterocycles. The predicted octanol–water partition coefficient (Wildman–Crippen LogP) is 0.692. The average molecular weight is 167 g/mol. The smallest absolute Gasteiger partial charge is 0.184 e. The molecule has 3 nitrogen and oxygen atoms in total. The van der Waals surface area contributed by atoms with Gasteiger partial charge in [0.2, 0.25) is 0 Å². The summed E-state index contributed by atoms with van der Waals surface area (Å²) in [5.74, 6) is 0. The van der Waals surface area contributed by atoms with Crippen LogP contribution in [0.15, 0.2) is 28.9 Å². The van der Waals surface area contributed by atoms with E-state index in [1.54, 1.807) is 6.21 Å². The topological polar surface area (TPSA) is 50.4 Å². The van der Waals surface area contributed by atoms with Crippen molar-refractivity contribution in [3.63, 3.8) is 0 Å². The Morgan fingerprint density at radius 2 is 2.64 bits per heavy atom. The van der Waals surface area contributed by atoms with E-state index in [0.717, 1.165) is 12.0 Å². The van der Waals surface area contributed by atoms with Crippen molar-refractivity contribution in [1.29, 1.82) is 0 Å². The molecule has 0 spiro atoms. The van der Waals surface area contributed by atoms with Crippen molar-refractivity contribution in [2.75, 3.05) is 0 Å². The van der Waals surface area contributed by atoms with Gasteiger partial charge in [0.05, 0.1) is 6.21 Å². The van der Waals surface area contributed by atoms with Crippen LogP contribution in [0.4, 0.5) is 0 Å². The molecule has 1 aliphatic carbocycles. The van der Waals surface area contributed by atoms with Gasteiger partial charge in [-0.05, 0) is 24.2 Å². The van der Waals surface area contributed by atoms with E-state index in [2.05, 4.69) is 34.9 Å². The van der Waals surface area contributed by atoms with Crippen LogP contribution in [0, 0.1) is 0 Å². The summed E-state index contributed by atoms with van der Waals surface area (Å²) in [6.07, 6.45) is 8.77. The number of thiocarbonyl (C=S) groups is 1. The number of hydrogen-bond donors (Lipinski definition) is 2. The van der Waals surface area contributed by atoms with Crippen molar-refractivity contribution in [2.45, 2.75) is 6.42 Å². The molecular formula is C7H9N3S. The van der Waals surface area contributed by atoms with Crippen molar-refractivity contribution in [2.24, 2.45) is 10.8 Å². The average Bonchev–Trinajstić information content (AvgIpc) is 2.39.